The highest BCUT2D eigenvalue weighted by Gasteiger charge is 2.21. The van der Waals surface area contributed by atoms with Crippen LogP contribution in [0.15, 0.2) is 6.20 Å². The molecule has 0 fully saturated rings. The molecule has 1 heterocycles. The fourth-order valence-corrected chi connectivity index (χ4v) is 2.37. The van der Waals surface area contributed by atoms with E-state index in [9.17, 15) is 8.42 Å². The zero-order valence-corrected chi connectivity index (χ0v) is 11.4. The Balaban J connectivity index is 3.06. The SMILES string of the molecule is Cc1cn(C(C)C)c(CS(=O)(=O)C(C)C)n1. The number of hydrogen-bond acceptors (Lipinski definition) is 3. The maximum Gasteiger partial charge on any atom is 0.159 e. The summed E-state index contributed by atoms with van der Waals surface area (Å²) in [6, 6.07) is 0.235. The summed E-state index contributed by atoms with van der Waals surface area (Å²) in [6.07, 6.45) is 1.90. The lowest BCUT2D eigenvalue weighted by Crippen LogP contribution is -2.19. The van der Waals surface area contributed by atoms with Crippen molar-refractivity contribution in [1.29, 1.82) is 0 Å². The van der Waals surface area contributed by atoms with Crippen LogP contribution in [0.5, 0.6) is 0 Å². The molecule has 0 N–H and O–H groups in total. The topological polar surface area (TPSA) is 52.0 Å². The Morgan fingerprint density at radius 3 is 2.31 bits per heavy atom. The van der Waals surface area contributed by atoms with Gasteiger partial charge in [0.05, 0.1) is 10.9 Å². The van der Waals surface area contributed by atoms with E-state index in [1.54, 1.807) is 13.8 Å². The Morgan fingerprint density at radius 2 is 1.88 bits per heavy atom. The first-order valence-electron chi connectivity index (χ1n) is 5.50. The van der Waals surface area contributed by atoms with Crippen LogP contribution in [0, 0.1) is 6.92 Å². The van der Waals surface area contributed by atoms with Crippen molar-refractivity contribution in [3.05, 3.63) is 17.7 Å². The van der Waals surface area contributed by atoms with Crippen LogP contribution in [0.3, 0.4) is 0 Å². The van der Waals surface area contributed by atoms with E-state index in [4.69, 9.17) is 0 Å². The lowest BCUT2D eigenvalue weighted by molar-refractivity contribution is 0.562. The molecule has 0 aliphatic carbocycles. The number of nitrogens with zero attached hydrogens (tertiary/aromatic N) is 2. The first-order valence-corrected chi connectivity index (χ1v) is 7.21. The van der Waals surface area contributed by atoms with Crippen molar-refractivity contribution in [2.75, 3.05) is 0 Å². The highest BCUT2D eigenvalue weighted by Crippen LogP contribution is 2.15. The number of sulfone groups is 1. The first kappa shape index (κ1) is 13.2. The van der Waals surface area contributed by atoms with Gasteiger partial charge in [0, 0.05) is 12.2 Å². The van der Waals surface area contributed by atoms with E-state index >= 15 is 0 Å². The van der Waals surface area contributed by atoms with Crippen LogP contribution < -0.4 is 0 Å². The van der Waals surface area contributed by atoms with Crippen molar-refractivity contribution in [3.8, 4) is 0 Å². The van der Waals surface area contributed by atoms with Gasteiger partial charge in [-0.1, -0.05) is 0 Å². The fourth-order valence-electron chi connectivity index (χ4n) is 1.47. The average Bonchev–Trinajstić information content (AvgIpc) is 2.45. The van der Waals surface area contributed by atoms with Gasteiger partial charge in [-0.15, -0.1) is 0 Å². The molecule has 0 aliphatic heterocycles. The van der Waals surface area contributed by atoms with Gasteiger partial charge >= 0.3 is 0 Å². The second-order valence-electron chi connectivity index (χ2n) is 4.66. The summed E-state index contributed by atoms with van der Waals surface area (Å²) in [4.78, 5) is 4.28. The Kier molecular flexibility index (Phi) is 3.78. The van der Waals surface area contributed by atoms with Gasteiger partial charge in [-0.3, -0.25) is 0 Å². The minimum absolute atomic E-state index is 0.0245. The number of aryl methyl sites for hydroxylation is 1. The molecule has 1 aromatic rings. The quantitative estimate of drug-likeness (QED) is 0.815. The first-order chi connectivity index (χ1) is 7.24. The van der Waals surface area contributed by atoms with E-state index in [2.05, 4.69) is 4.98 Å². The van der Waals surface area contributed by atoms with E-state index < -0.39 is 9.84 Å². The summed E-state index contributed by atoms with van der Waals surface area (Å²) >= 11 is 0. The summed E-state index contributed by atoms with van der Waals surface area (Å²) in [5, 5.41) is -0.356. The maximum atomic E-state index is 11.8. The molecule has 1 rings (SSSR count). The molecular weight excluding hydrogens is 224 g/mol. The van der Waals surface area contributed by atoms with E-state index in [0.29, 0.717) is 5.82 Å². The normalized spacial score (nSPS) is 12.7. The lowest BCUT2D eigenvalue weighted by Gasteiger charge is -2.12. The van der Waals surface area contributed by atoms with Crippen molar-refractivity contribution < 1.29 is 8.42 Å². The van der Waals surface area contributed by atoms with Crippen molar-refractivity contribution in [2.45, 2.75) is 51.7 Å². The standard InChI is InChI=1S/C11H20N2O2S/c1-8(2)13-6-10(5)12-11(13)7-16(14,15)9(3)4/h6,8-9H,7H2,1-5H3. The van der Waals surface area contributed by atoms with E-state index in [0.717, 1.165) is 5.69 Å². The molecule has 0 aliphatic rings. The van der Waals surface area contributed by atoms with Gasteiger partial charge in [-0.05, 0) is 34.6 Å². The Morgan fingerprint density at radius 1 is 1.31 bits per heavy atom. The van der Waals surface area contributed by atoms with Gasteiger partial charge in [0.15, 0.2) is 9.84 Å². The molecule has 0 unspecified atom stereocenters. The van der Waals surface area contributed by atoms with Crippen LogP contribution in [-0.2, 0) is 15.6 Å². The highest BCUT2D eigenvalue weighted by atomic mass is 32.2. The summed E-state index contributed by atoms with van der Waals surface area (Å²) in [5.74, 6) is 0.664. The third-order valence-electron chi connectivity index (χ3n) is 2.53. The monoisotopic (exact) mass is 244 g/mol. The van der Waals surface area contributed by atoms with Gasteiger partial charge in [0.1, 0.15) is 11.6 Å². The summed E-state index contributed by atoms with van der Waals surface area (Å²) < 4.78 is 25.6. The van der Waals surface area contributed by atoms with Crippen molar-refractivity contribution in [2.24, 2.45) is 0 Å². The maximum absolute atomic E-state index is 11.8. The average molecular weight is 244 g/mol. The molecule has 4 nitrogen and oxygen atoms in total. The molecule has 16 heavy (non-hydrogen) atoms. The van der Waals surface area contributed by atoms with Gasteiger partial charge in [-0.2, -0.15) is 0 Å². The second-order valence-corrected chi connectivity index (χ2v) is 7.21. The predicted molar refractivity (Wildman–Crippen MR) is 65.1 cm³/mol. The van der Waals surface area contributed by atoms with Crippen LogP contribution >= 0.6 is 0 Å². The van der Waals surface area contributed by atoms with Gasteiger partial charge in [0.2, 0.25) is 0 Å². The van der Waals surface area contributed by atoms with Crippen molar-refractivity contribution in [3.63, 3.8) is 0 Å². The molecule has 0 atom stereocenters. The number of aromatic nitrogens is 2. The summed E-state index contributed by atoms with van der Waals surface area (Å²) in [7, 11) is -3.08. The summed E-state index contributed by atoms with van der Waals surface area (Å²) in [5.41, 5.74) is 0.864. The smallest absolute Gasteiger partial charge is 0.159 e. The van der Waals surface area contributed by atoms with Gasteiger partial charge in [-0.25, -0.2) is 13.4 Å². The fraction of sp³-hybridized carbons (Fsp3) is 0.727. The second kappa shape index (κ2) is 4.57. The van der Waals surface area contributed by atoms with Crippen LogP contribution in [0.2, 0.25) is 0 Å². The van der Waals surface area contributed by atoms with Crippen LogP contribution in [-0.4, -0.2) is 23.2 Å². The Labute approximate surface area is 97.6 Å². The minimum atomic E-state index is -3.08. The number of rotatable bonds is 4. The molecule has 5 heteroatoms. The molecule has 0 amide bonds. The minimum Gasteiger partial charge on any atom is -0.331 e. The number of hydrogen-bond donors (Lipinski definition) is 0. The Bertz CT molecular complexity index is 458. The molecule has 92 valence electrons. The molecule has 0 radical (unpaired) electrons. The Hall–Kier alpha value is -0.840. The molecule has 0 aromatic carbocycles. The molecule has 0 saturated heterocycles. The van der Waals surface area contributed by atoms with Crippen molar-refractivity contribution in [1.82, 2.24) is 9.55 Å². The molecule has 0 spiro atoms. The van der Waals surface area contributed by atoms with E-state index in [-0.39, 0.29) is 17.0 Å². The number of imidazole rings is 1. The zero-order valence-electron chi connectivity index (χ0n) is 10.6. The third kappa shape index (κ3) is 2.84. The van der Waals surface area contributed by atoms with Gasteiger partial charge < -0.3 is 4.57 Å². The molecular formula is C11H20N2O2S. The lowest BCUT2D eigenvalue weighted by atomic mass is 10.4. The van der Waals surface area contributed by atoms with Crippen LogP contribution in [0.25, 0.3) is 0 Å². The molecule has 0 bridgehead atoms. The molecule has 1 aromatic heterocycles. The van der Waals surface area contributed by atoms with E-state index in [1.807, 2.05) is 31.5 Å². The molecule has 0 saturated carbocycles. The zero-order chi connectivity index (χ0) is 12.5. The predicted octanol–water partition coefficient (Wildman–Crippen LogP) is 2.10. The van der Waals surface area contributed by atoms with Crippen LogP contribution in [0.4, 0.5) is 0 Å². The van der Waals surface area contributed by atoms with Crippen molar-refractivity contribution >= 4 is 9.84 Å². The summed E-state index contributed by atoms with van der Waals surface area (Å²) in [6.45, 7) is 9.32. The van der Waals surface area contributed by atoms with Crippen LogP contribution in [0.1, 0.15) is 45.3 Å². The van der Waals surface area contributed by atoms with E-state index in [1.165, 1.54) is 0 Å². The third-order valence-corrected chi connectivity index (χ3v) is 4.63. The largest absolute Gasteiger partial charge is 0.331 e. The van der Waals surface area contributed by atoms with Gasteiger partial charge in [0.25, 0.3) is 0 Å². The highest BCUT2D eigenvalue weighted by molar-refractivity contribution is 7.91.